The summed E-state index contributed by atoms with van der Waals surface area (Å²) < 4.78 is 14.3. The number of hydrogen-bond acceptors (Lipinski definition) is 2. The second kappa shape index (κ2) is 7.20. The molecule has 2 rings (SSSR count). The first-order valence-electron chi connectivity index (χ1n) is 5.98. The lowest BCUT2D eigenvalue weighted by molar-refractivity contribution is -0.746. The van der Waals surface area contributed by atoms with Crippen molar-refractivity contribution in [2.75, 3.05) is 0 Å². The number of carboxylic acid groups (broad SMARTS) is 1. The van der Waals surface area contributed by atoms with E-state index in [1.807, 2.05) is 13.8 Å². The normalized spacial score (nSPS) is 9.42. The predicted molar refractivity (Wildman–Crippen MR) is 68.2 cm³/mol. The first kappa shape index (κ1) is 14.8. The van der Waals surface area contributed by atoms with Crippen LogP contribution in [0.25, 0.3) is 0 Å². The van der Waals surface area contributed by atoms with Crippen LogP contribution in [0.3, 0.4) is 0 Å². The van der Waals surface area contributed by atoms with Crippen LogP contribution in [0.2, 0.25) is 0 Å². The molecule has 0 unspecified atom stereocenters. The predicted octanol–water partition coefficient (Wildman–Crippen LogP) is 2.28. The number of carboxylic acids is 1. The van der Waals surface area contributed by atoms with Crippen LogP contribution in [0, 0.1) is 5.82 Å². The molecule has 0 saturated heterocycles. The van der Waals surface area contributed by atoms with Gasteiger partial charge in [0.1, 0.15) is 12.0 Å². The molecule has 0 saturated carbocycles. The van der Waals surface area contributed by atoms with E-state index in [-0.39, 0.29) is 11.4 Å². The van der Waals surface area contributed by atoms with Crippen molar-refractivity contribution in [3.63, 3.8) is 0 Å². The van der Waals surface area contributed by atoms with Crippen molar-refractivity contribution < 1.29 is 19.0 Å². The van der Waals surface area contributed by atoms with Gasteiger partial charge in [-0.05, 0) is 29.4 Å². The molecule has 0 spiro atoms. The smallest absolute Gasteiger partial charge is 0.337 e. The third kappa shape index (κ3) is 4.46. The fraction of sp³-hybridized carbons (Fsp3) is 0.214. The van der Waals surface area contributed by atoms with Crippen LogP contribution in [0.15, 0.2) is 42.7 Å². The number of hydrogen-bond donors (Lipinski definition) is 1. The van der Waals surface area contributed by atoms with E-state index in [9.17, 15) is 9.18 Å². The van der Waals surface area contributed by atoms with E-state index in [0.717, 1.165) is 5.56 Å². The minimum Gasteiger partial charge on any atom is -0.478 e. The van der Waals surface area contributed by atoms with Crippen LogP contribution in [-0.4, -0.2) is 16.2 Å². The van der Waals surface area contributed by atoms with Crippen molar-refractivity contribution in [1.29, 1.82) is 0 Å². The van der Waals surface area contributed by atoms with E-state index in [1.165, 1.54) is 24.4 Å². The standard InChI is InChI=1S/C12H9FN2O2.C2H6/c13-11-3-1-9(2-4-11)8-15-6-5-10(7-14-15)12(16)17;1-2/h1-7H,8H2;1-2H3/p+1. The molecule has 2 aromatic rings. The van der Waals surface area contributed by atoms with Gasteiger partial charge < -0.3 is 5.11 Å². The van der Waals surface area contributed by atoms with Gasteiger partial charge in [-0.15, -0.1) is 0 Å². The summed E-state index contributed by atoms with van der Waals surface area (Å²) >= 11 is 0. The molecular formula is C14H16FN2O2+. The van der Waals surface area contributed by atoms with E-state index in [2.05, 4.69) is 5.10 Å². The van der Waals surface area contributed by atoms with Crippen LogP contribution >= 0.6 is 0 Å². The van der Waals surface area contributed by atoms with Crippen molar-refractivity contribution in [2.24, 2.45) is 0 Å². The van der Waals surface area contributed by atoms with Crippen LogP contribution < -0.4 is 4.68 Å². The lowest BCUT2D eigenvalue weighted by atomic mass is 10.2. The molecule has 4 nitrogen and oxygen atoms in total. The zero-order valence-corrected chi connectivity index (χ0v) is 10.9. The molecule has 1 aromatic heterocycles. The molecule has 5 heteroatoms. The minimum atomic E-state index is -1.01. The highest BCUT2D eigenvalue weighted by atomic mass is 19.1. The molecular weight excluding hydrogens is 247 g/mol. The van der Waals surface area contributed by atoms with Crippen molar-refractivity contribution in [3.05, 3.63) is 59.7 Å². The molecule has 1 N–H and O–H groups in total. The van der Waals surface area contributed by atoms with Gasteiger partial charge in [0.25, 0.3) is 0 Å². The quantitative estimate of drug-likeness (QED) is 0.864. The lowest BCUT2D eigenvalue weighted by Gasteiger charge is -1.96. The fourth-order valence-corrected chi connectivity index (χ4v) is 1.38. The van der Waals surface area contributed by atoms with Crippen LogP contribution in [0.5, 0.6) is 0 Å². The molecule has 100 valence electrons. The van der Waals surface area contributed by atoms with E-state index >= 15 is 0 Å². The average molecular weight is 263 g/mol. The Morgan fingerprint density at radius 3 is 2.37 bits per heavy atom. The number of nitrogens with zero attached hydrogens (tertiary/aromatic N) is 2. The maximum atomic E-state index is 12.7. The van der Waals surface area contributed by atoms with Gasteiger partial charge in [0.2, 0.25) is 0 Å². The van der Waals surface area contributed by atoms with Gasteiger partial charge in [-0.3, -0.25) is 0 Å². The Labute approximate surface area is 111 Å². The third-order valence-electron chi connectivity index (χ3n) is 2.28. The molecule has 0 amide bonds. The molecule has 0 aliphatic heterocycles. The average Bonchev–Trinajstić information content (AvgIpc) is 2.44. The topological polar surface area (TPSA) is 54.1 Å². The summed E-state index contributed by atoms with van der Waals surface area (Å²) in [5, 5.41) is 12.7. The summed E-state index contributed by atoms with van der Waals surface area (Å²) in [7, 11) is 0. The largest absolute Gasteiger partial charge is 0.478 e. The monoisotopic (exact) mass is 263 g/mol. The Kier molecular flexibility index (Phi) is 5.60. The molecule has 0 bridgehead atoms. The zero-order chi connectivity index (χ0) is 14.3. The molecule has 0 radical (unpaired) electrons. The SMILES string of the molecule is CC.O=C(O)c1cc[n+](Cc2ccc(F)cc2)nc1. The van der Waals surface area contributed by atoms with Gasteiger partial charge in [-0.25, -0.2) is 9.18 Å². The number of carbonyl (C=O) groups is 1. The summed E-state index contributed by atoms with van der Waals surface area (Å²) in [6.45, 7) is 4.47. The second-order valence-corrected chi connectivity index (χ2v) is 3.54. The highest BCUT2D eigenvalue weighted by Gasteiger charge is 2.08. The van der Waals surface area contributed by atoms with E-state index < -0.39 is 5.97 Å². The summed E-state index contributed by atoms with van der Waals surface area (Å²) in [4.78, 5) is 10.6. The van der Waals surface area contributed by atoms with Gasteiger partial charge in [0, 0.05) is 11.6 Å². The lowest BCUT2D eigenvalue weighted by Crippen LogP contribution is -2.38. The summed E-state index contributed by atoms with van der Waals surface area (Å²) in [6.07, 6.45) is 2.86. The number of aromatic carboxylic acids is 1. The minimum absolute atomic E-state index is 0.139. The van der Waals surface area contributed by atoms with Gasteiger partial charge in [-0.2, -0.15) is 0 Å². The molecule has 0 fully saturated rings. The molecule has 1 aromatic carbocycles. The second-order valence-electron chi connectivity index (χ2n) is 3.54. The Hall–Kier alpha value is -2.30. The third-order valence-corrected chi connectivity index (χ3v) is 2.28. The highest BCUT2D eigenvalue weighted by molar-refractivity contribution is 5.86. The number of benzene rings is 1. The van der Waals surface area contributed by atoms with E-state index in [0.29, 0.717) is 6.54 Å². The Bertz CT molecular complexity index is 524. The van der Waals surface area contributed by atoms with Crippen LogP contribution in [0.4, 0.5) is 4.39 Å². The van der Waals surface area contributed by atoms with Gasteiger partial charge in [0.05, 0.1) is 5.56 Å². The Morgan fingerprint density at radius 1 is 1.26 bits per heavy atom. The van der Waals surface area contributed by atoms with Crippen molar-refractivity contribution in [2.45, 2.75) is 20.4 Å². The Morgan fingerprint density at radius 2 is 1.89 bits per heavy atom. The molecule has 1 heterocycles. The number of halogens is 1. The van der Waals surface area contributed by atoms with Crippen molar-refractivity contribution in [3.8, 4) is 0 Å². The Balaban J connectivity index is 0.000000861. The van der Waals surface area contributed by atoms with E-state index in [4.69, 9.17) is 5.11 Å². The first-order valence-corrected chi connectivity index (χ1v) is 5.98. The highest BCUT2D eigenvalue weighted by Crippen LogP contribution is 2.01. The van der Waals surface area contributed by atoms with Gasteiger partial charge >= 0.3 is 5.97 Å². The molecule has 19 heavy (non-hydrogen) atoms. The van der Waals surface area contributed by atoms with E-state index in [1.54, 1.807) is 23.0 Å². The van der Waals surface area contributed by atoms with Gasteiger partial charge in [-0.1, -0.05) is 18.5 Å². The summed E-state index contributed by atoms with van der Waals surface area (Å²) in [5.74, 6) is -1.29. The summed E-state index contributed by atoms with van der Waals surface area (Å²) in [6, 6.07) is 7.55. The van der Waals surface area contributed by atoms with Gasteiger partial charge in [0.15, 0.2) is 12.7 Å². The number of rotatable bonds is 3. The first-order chi connectivity index (χ1) is 9.15. The zero-order valence-electron chi connectivity index (χ0n) is 10.9. The molecule has 0 aliphatic rings. The molecule has 0 atom stereocenters. The molecule has 0 aliphatic carbocycles. The number of aromatic nitrogens is 2. The van der Waals surface area contributed by atoms with Crippen molar-refractivity contribution in [1.82, 2.24) is 5.10 Å². The van der Waals surface area contributed by atoms with Crippen molar-refractivity contribution >= 4 is 5.97 Å². The van der Waals surface area contributed by atoms with Crippen LogP contribution in [-0.2, 0) is 6.54 Å². The summed E-state index contributed by atoms with van der Waals surface area (Å²) in [5.41, 5.74) is 1.03. The maximum Gasteiger partial charge on any atom is 0.337 e. The van der Waals surface area contributed by atoms with Crippen LogP contribution in [0.1, 0.15) is 29.8 Å². The maximum absolute atomic E-state index is 12.7. The fourth-order valence-electron chi connectivity index (χ4n) is 1.38.